The van der Waals surface area contributed by atoms with Crippen molar-refractivity contribution in [3.8, 4) is 17.9 Å². The number of halogens is 2. The van der Waals surface area contributed by atoms with Crippen molar-refractivity contribution in [1.82, 2.24) is 9.97 Å². The van der Waals surface area contributed by atoms with Crippen LogP contribution in [0.1, 0.15) is 16.8 Å². The Labute approximate surface area is 188 Å². The molecule has 9 heteroatoms. The van der Waals surface area contributed by atoms with Gasteiger partial charge in [-0.2, -0.15) is 5.26 Å². The van der Waals surface area contributed by atoms with Crippen molar-refractivity contribution in [2.45, 2.75) is 4.90 Å². The van der Waals surface area contributed by atoms with Crippen LogP contribution >= 0.6 is 0 Å². The van der Waals surface area contributed by atoms with Gasteiger partial charge >= 0.3 is 0 Å². The van der Waals surface area contributed by atoms with Crippen molar-refractivity contribution in [2.75, 3.05) is 11.6 Å². The van der Waals surface area contributed by atoms with E-state index in [1.54, 1.807) is 36.5 Å². The quantitative estimate of drug-likeness (QED) is 0.458. The van der Waals surface area contributed by atoms with Crippen LogP contribution in [0.15, 0.2) is 65.8 Å². The summed E-state index contributed by atoms with van der Waals surface area (Å²) in [6.45, 7) is 0. The third kappa shape index (κ3) is 4.64. The highest BCUT2D eigenvalue weighted by Crippen LogP contribution is 2.23. The summed E-state index contributed by atoms with van der Waals surface area (Å²) < 4.78 is 51.3. The van der Waals surface area contributed by atoms with Crippen molar-refractivity contribution in [2.24, 2.45) is 0 Å². The number of anilines is 2. The molecule has 0 radical (unpaired) electrons. The Balaban J connectivity index is 1.68. The maximum absolute atomic E-state index is 14.2. The number of fused-ring (bicyclic) bond motifs is 1. The van der Waals surface area contributed by atoms with E-state index < -0.39 is 27.0 Å². The summed E-state index contributed by atoms with van der Waals surface area (Å²) in [7, 11) is -3.30. The predicted molar refractivity (Wildman–Crippen MR) is 119 cm³/mol. The molecule has 6 nitrogen and oxygen atoms in total. The van der Waals surface area contributed by atoms with Gasteiger partial charge < -0.3 is 5.32 Å². The molecule has 0 fully saturated rings. The summed E-state index contributed by atoms with van der Waals surface area (Å²) in [4.78, 5) is 8.76. The number of nitrogens with one attached hydrogen (secondary N) is 1. The first kappa shape index (κ1) is 21.9. The fourth-order valence-corrected chi connectivity index (χ4v) is 3.66. The first-order valence-electron chi connectivity index (χ1n) is 9.48. The predicted octanol–water partition coefficient (Wildman–Crippen LogP) is 4.33. The fraction of sp³-hybridized carbons (Fsp3) is 0.0417. The molecular formula is C24H14F2N4O2S. The Morgan fingerprint density at radius 1 is 0.939 bits per heavy atom. The van der Waals surface area contributed by atoms with E-state index in [2.05, 4.69) is 27.1 Å². The first-order valence-corrected chi connectivity index (χ1v) is 11.4. The number of hydrogen-bond donors (Lipinski definition) is 1. The summed E-state index contributed by atoms with van der Waals surface area (Å²) in [6.07, 6.45) is 4.27. The van der Waals surface area contributed by atoms with E-state index in [9.17, 15) is 17.2 Å². The zero-order chi connectivity index (χ0) is 23.6. The largest absolute Gasteiger partial charge is 0.340 e. The van der Waals surface area contributed by atoms with Gasteiger partial charge in [-0.25, -0.2) is 27.2 Å². The smallest absolute Gasteiger partial charge is 0.177 e. The number of aromatic nitrogens is 2. The maximum atomic E-state index is 14.2. The van der Waals surface area contributed by atoms with Gasteiger partial charge in [0.1, 0.15) is 17.6 Å². The lowest BCUT2D eigenvalue weighted by molar-refractivity contribution is 0.504. The lowest BCUT2D eigenvalue weighted by Gasteiger charge is -2.08. The van der Waals surface area contributed by atoms with Crippen LogP contribution in [0.25, 0.3) is 10.8 Å². The molecule has 1 N–H and O–H groups in total. The Morgan fingerprint density at radius 3 is 2.33 bits per heavy atom. The average Bonchev–Trinajstić information content (AvgIpc) is 2.80. The summed E-state index contributed by atoms with van der Waals surface area (Å²) >= 11 is 0. The highest BCUT2D eigenvalue weighted by atomic mass is 32.2. The molecule has 2 aromatic carbocycles. The SMILES string of the molecule is CS(=O)(=O)c1ccc(Nc2cc3c(C#Cc4ccc(C#N)c(F)c4F)nccc3cn2)cc1. The molecule has 0 atom stereocenters. The zero-order valence-electron chi connectivity index (χ0n) is 17.1. The molecule has 0 saturated heterocycles. The van der Waals surface area contributed by atoms with Crippen molar-refractivity contribution >= 4 is 32.1 Å². The van der Waals surface area contributed by atoms with E-state index in [1.807, 2.05) is 0 Å². The normalized spacial score (nSPS) is 10.8. The van der Waals surface area contributed by atoms with Gasteiger partial charge in [0.05, 0.1) is 16.0 Å². The van der Waals surface area contributed by atoms with Crippen LogP contribution in [0.2, 0.25) is 0 Å². The van der Waals surface area contributed by atoms with Crippen LogP contribution < -0.4 is 5.32 Å². The van der Waals surface area contributed by atoms with Gasteiger partial charge in [0.15, 0.2) is 21.5 Å². The molecule has 0 unspecified atom stereocenters. The highest BCUT2D eigenvalue weighted by Gasteiger charge is 2.12. The van der Waals surface area contributed by atoms with E-state index >= 15 is 0 Å². The molecule has 0 aliphatic carbocycles. The summed E-state index contributed by atoms with van der Waals surface area (Å²) in [5.74, 6) is 3.35. The van der Waals surface area contributed by atoms with Crippen LogP contribution in [0.3, 0.4) is 0 Å². The van der Waals surface area contributed by atoms with Gasteiger partial charge in [-0.3, -0.25) is 0 Å². The minimum absolute atomic E-state index is 0.191. The van der Waals surface area contributed by atoms with Gasteiger partial charge in [0.25, 0.3) is 0 Å². The summed E-state index contributed by atoms with van der Waals surface area (Å²) in [5, 5.41) is 13.2. The third-order valence-electron chi connectivity index (χ3n) is 4.72. The summed E-state index contributed by atoms with van der Waals surface area (Å²) in [6, 6.07) is 13.6. The van der Waals surface area contributed by atoms with E-state index in [0.29, 0.717) is 22.6 Å². The number of nitriles is 1. The second-order valence-corrected chi connectivity index (χ2v) is 9.04. The number of rotatable bonds is 3. The van der Waals surface area contributed by atoms with Gasteiger partial charge in [0, 0.05) is 35.1 Å². The molecule has 0 aliphatic heterocycles. The molecule has 33 heavy (non-hydrogen) atoms. The van der Waals surface area contributed by atoms with Crippen molar-refractivity contribution < 1.29 is 17.2 Å². The van der Waals surface area contributed by atoms with E-state index in [1.165, 1.54) is 30.5 Å². The topological polar surface area (TPSA) is 95.7 Å². The second-order valence-electron chi connectivity index (χ2n) is 7.02. The molecule has 0 saturated carbocycles. The average molecular weight is 460 g/mol. The standard InChI is InChI=1S/C24H14F2N4O2S/c1-33(31,32)19-7-5-18(6-8-19)30-22-12-20-17(14-29-22)10-11-28-21(20)9-4-15-2-3-16(13-27)24(26)23(15)25/h2-3,5-8,10-12,14H,1H3,(H,29,30). The first-order chi connectivity index (χ1) is 15.8. The minimum Gasteiger partial charge on any atom is -0.340 e. The zero-order valence-corrected chi connectivity index (χ0v) is 17.9. The van der Waals surface area contributed by atoms with Crippen molar-refractivity contribution in [3.63, 3.8) is 0 Å². The van der Waals surface area contributed by atoms with Crippen LogP contribution in [-0.2, 0) is 9.84 Å². The van der Waals surface area contributed by atoms with Gasteiger partial charge in [-0.1, -0.05) is 5.92 Å². The Morgan fingerprint density at radius 2 is 1.64 bits per heavy atom. The molecule has 0 amide bonds. The number of benzene rings is 2. The minimum atomic E-state index is -3.30. The van der Waals surface area contributed by atoms with Crippen molar-refractivity contribution in [1.29, 1.82) is 5.26 Å². The van der Waals surface area contributed by atoms with E-state index in [-0.39, 0.29) is 10.5 Å². The molecule has 0 aliphatic rings. The number of pyridine rings is 2. The molecule has 2 aromatic heterocycles. The van der Waals surface area contributed by atoms with Gasteiger partial charge in [-0.05, 0) is 54.5 Å². The molecule has 162 valence electrons. The van der Waals surface area contributed by atoms with Crippen LogP contribution in [0, 0.1) is 34.8 Å². The summed E-state index contributed by atoms with van der Waals surface area (Å²) in [5.41, 5.74) is 0.367. The fourth-order valence-electron chi connectivity index (χ4n) is 3.03. The number of nitrogens with zero attached hydrogens (tertiary/aromatic N) is 3. The molecule has 2 heterocycles. The van der Waals surface area contributed by atoms with Crippen molar-refractivity contribution in [3.05, 3.63) is 89.4 Å². The monoisotopic (exact) mass is 460 g/mol. The molecule has 4 rings (SSSR count). The van der Waals surface area contributed by atoms with E-state index in [4.69, 9.17) is 5.26 Å². The third-order valence-corrected chi connectivity index (χ3v) is 5.85. The van der Waals surface area contributed by atoms with Crippen LogP contribution in [-0.4, -0.2) is 24.6 Å². The van der Waals surface area contributed by atoms with Gasteiger partial charge in [-0.15, -0.1) is 0 Å². The molecule has 4 aromatic rings. The Kier molecular flexibility index (Phi) is 5.74. The lowest BCUT2D eigenvalue weighted by Crippen LogP contribution is -1.98. The van der Waals surface area contributed by atoms with Crippen LogP contribution in [0.5, 0.6) is 0 Å². The van der Waals surface area contributed by atoms with Gasteiger partial charge in [0.2, 0.25) is 0 Å². The maximum Gasteiger partial charge on any atom is 0.177 e. The molecular weight excluding hydrogens is 446 g/mol. The second kappa shape index (κ2) is 8.65. The highest BCUT2D eigenvalue weighted by molar-refractivity contribution is 7.90. The number of sulfone groups is 1. The molecule has 0 spiro atoms. The van der Waals surface area contributed by atoms with Crippen LogP contribution in [0.4, 0.5) is 20.3 Å². The Hall–Kier alpha value is -4.34. The van der Waals surface area contributed by atoms with E-state index in [0.717, 1.165) is 11.6 Å². The Bertz CT molecular complexity index is 1600. The lowest BCUT2D eigenvalue weighted by atomic mass is 10.1. The molecule has 0 bridgehead atoms. The number of hydrogen-bond acceptors (Lipinski definition) is 6.